The number of morpholine rings is 1. The van der Waals surface area contributed by atoms with Crippen LogP contribution in [0.2, 0.25) is 0 Å². The predicted molar refractivity (Wildman–Crippen MR) is 68.6 cm³/mol. The van der Waals surface area contributed by atoms with Crippen molar-refractivity contribution in [3.63, 3.8) is 0 Å². The van der Waals surface area contributed by atoms with Gasteiger partial charge in [-0.15, -0.1) is 0 Å². The van der Waals surface area contributed by atoms with Crippen LogP contribution in [0.1, 0.15) is 10.5 Å². The van der Waals surface area contributed by atoms with Gasteiger partial charge in [-0.3, -0.25) is 10.1 Å². The van der Waals surface area contributed by atoms with Crippen molar-refractivity contribution in [2.75, 3.05) is 31.7 Å². The van der Waals surface area contributed by atoms with Crippen LogP contribution in [0, 0.1) is 0 Å². The van der Waals surface area contributed by atoms with E-state index in [0.717, 1.165) is 0 Å². The van der Waals surface area contributed by atoms with E-state index < -0.39 is 6.09 Å². The van der Waals surface area contributed by atoms with Gasteiger partial charge < -0.3 is 19.8 Å². The molecule has 1 saturated heterocycles. The molecule has 0 aromatic carbocycles. The fraction of sp³-hybridized carbons (Fsp3) is 0.417. The summed E-state index contributed by atoms with van der Waals surface area (Å²) in [5.74, 6) is -0.311. The van der Waals surface area contributed by atoms with Crippen molar-refractivity contribution in [1.82, 2.24) is 9.88 Å². The average molecular weight is 281 g/mol. The Bertz CT molecular complexity index is 490. The van der Waals surface area contributed by atoms with Crippen molar-refractivity contribution in [3.05, 3.63) is 24.0 Å². The Morgan fingerprint density at radius 1 is 1.50 bits per heavy atom. The number of hydrogen-bond donors (Lipinski definition) is 3. The van der Waals surface area contributed by atoms with Gasteiger partial charge in [-0.2, -0.15) is 0 Å². The minimum Gasteiger partial charge on any atom is -0.465 e. The zero-order valence-electron chi connectivity index (χ0n) is 10.7. The van der Waals surface area contributed by atoms with Crippen LogP contribution in [0.15, 0.2) is 18.3 Å². The normalized spacial score (nSPS) is 18.6. The first kappa shape index (κ1) is 14.2. The van der Waals surface area contributed by atoms with Crippen molar-refractivity contribution in [2.45, 2.75) is 6.04 Å². The fourth-order valence-corrected chi connectivity index (χ4v) is 1.94. The van der Waals surface area contributed by atoms with E-state index in [1.807, 2.05) is 0 Å². The highest BCUT2D eigenvalue weighted by Gasteiger charge is 2.28. The minimum atomic E-state index is -1.19. The number of ether oxygens (including phenoxy) is 1. The standard InChI is InChI=1S/C12H15N3O5/c16-6-9-7-20-4-3-15(9)11(17)10-2-1-8(5-13-10)14-12(18)19/h1-2,5,9,14,16H,3-4,6-7H2,(H,18,19)/t9-/m1/s1. The lowest BCUT2D eigenvalue weighted by molar-refractivity contribution is -0.0186. The number of amides is 2. The minimum absolute atomic E-state index is 0.176. The second-order valence-electron chi connectivity index (χ2n) is 4.27. The van der Waals surface area contributed by atoms with Crippen LogP contribution < -0.4 is 5.32 Å². The number of carbonyl (C=O) groups is 2. The van der Waals surface area contributed by atoms with Gasteiger partial charge >= 0.3 is 6.09 Å². The summed E-state index contributed by atoms with van der Waals surface area (Å²) in [6.07, 6.45) is 0.0786. The van der Waals surface area contributed by atoms with E-state index in [9.17, 15) is 14.7 Å². The average Bonchev–Trinajstić information content (AvgIpc) is 2.46. The van der Waals surface area contributed by atoms with Gasteiger partial charge in [-0.1, -0.05) is 0 Å². The number of carboxylic acid groups (broad SMARTS) is 1. The zero-order chi connectivity index (χ0) is 14.5. The van der Waals surface area contributed by atoms with E-state index in [1.54, 1.807) is 0 Å². The number of aliphatic hydroxyl groups is 1. The number of aromatic nitrogens is 1. The molecular formula is C12H15N3O5. The summed E-state index contributed by atoms with van der Waals surface area (Å²) in [4.78, 5) is 28.2. The van der Waals surface area contributed by atoms with Gasteiger partial charge in [-0.05, 0) is 12.1 Å². The Balaban J connectivity index is 2.09. The van der Waals surface area contributed by atoms with Crippen LogP contribution in [0.3, 0.4) is 0 Å². The highest BCUT2D eigenvalue weighted by molar-refractivity contribution is 5.93. The van der Waals surface area contributed by atoms with Crippen molar-refractivity contribution in [3.8, 4) is 0 Å². The van der Waals surface area contributed by atoms with Gasteiger partial charge in [-0.25, -0.2) is 9.78 Å². The lowest BCUT2D eigenvalue weighted by Gasteiger charge is -2.34. The van der Waals surface area contributed by atoms with E-state index in [0.29, 0.717) is 19.8 Å². The molecule has 1 aliphatic rings. The second-order valence-corrected chi connectivity index (χ2v) is 4.27. The molecule has 0 bridgehead atoms. The number of anilines is 1. The summed E-state index contributed by atoms with van der Waals surface area (Å²) in [7, 11) is 0. The Morgan fingerprint density at radius 2 is 2.30 bits per heavy atom. The van der Waals surface area contributed by atoms with E-state index in [1.165, 1.54) is 23.2 Å². The Hall–Kier alpha value is -2.19. The summed E-state index contributed by atoms with van der Waals surface area (Å²) in [5.41, 5.74) is 0.482. The maximum absolute atomic E-state index is 12.3. The van der Waals surface area contributed by atoms with Crippen LogP contribution >= 0.6 is 0 Å². The van der Waals surface area contributed by atoms with Crippen LogP contribution in [0.25, 0.3) is 0 Å². The third kappa shape index (κ3) is 3.22. The number of aliphatic hydroxyl groups excluding tert-OH is 1. The SMILES string of the molecule is O=C(O)Nc1ccc(C(=O)N2CCOC[C@H]2CO)nc1. The van der Waals surface area contributed by atoms with Gasteiger partial charge in [0.05, 0.1) is 37.7 Å². The fourth-order valence-electron chi connectivity index (χ4n) is 1.94. The number of hydrogen-bond acceptors (Lipinski definition) is 5. The first-order valence-electron chi connectivity index (χ1n) is 6.07. The molecule has 20 heavy (non-hydrogen) atoms. The summed E-state index contributed by atoms with van der Waals surface area (Å²) >= 11 is 0. The van der Waals surface area contributed by atoms with E-state index >= 15 is 0 Å². The zero-order valence-corrected chi connectivity index (χ0v) is 10.7. The molecule has 8 heteroatoms. The molecule has 1 fully saturated rings. The number of nitrogens with zero attached hydrogens (tertiary/aromatic N) is 2. The Labute approximate surface area is 115 Å². The maximum atomic E-state index is 12.3. The quantitative estimate of drug-likeness (QED) is 0.719. The number of carbonyl (C=O) groups excluding carboxylic acids is 1. The Kier molecular flexibility index (Phi) is 4.49. The molecule has 3 N–H and O–H groups in total. The summed E-state index contributed by atoms with van der Waals surface area (Å²) in [6.45, 7) is 0.924. The third-order valence-corrected chi connectivity index (χ3v) is 2.93. The van der Waals surface area contributed by atoms with E-state index in [2.05, 4.69) is 10.3 Å². The molecule has 0 unspecified atom stereocenters. The first-order chi connectivity index (χ1) is 9.61. The summed E-state index contributed by atoms with van der Waals surface area (Å²) in [6, 6.07) is 2.52. The van der Waals surface area contributed by atoms with Gasteiger partial charge in [0.25, 0.3) is 5.91 Å². The molecule has 0 aliphatic carbocycles. The molecule has 2 heterocycles. The van der Waals surface area contributed by atoms with Crippen LogP contribution in [0.4, 0.5) is 10.5 Å². The smallest absolute Gasteiger partial charge is 0.409 e. The lowest BCUT2D eigenvalue weighted by Crippen LogP contribution is -2.50. The molecular weight excluding hydrogens is 266 g/mol. The molecule has 0 saturated carbocycles. The molecule has 1 aliphatic heterocycles. The van der Waals surface area contributed by atoms with Gasteiger partial charge in [0.1, 0.15) is 5.69 Å². The van der Waals surface area contributed by atoms with Crippen LogP contribution in [-0.4, -0.2) is 64.5 Å². The third-order valence-electron chi connectivity index (χ3n) is 2.93. The topological polar surface area (TPSA) is 112 Å². The highest BCUT2D eigenvalue weighted by atomic mass is 16.5. The summed E-state index contributed by atoms with van der Waals surface area (Å²) in [5, 5.41) is 19.9. The lowest BCUT2D eigenvalue weighted by atomic mass is 10.2. The van der Waals surface area contributed by atoms with E-state index in [-0.39, 0.29) is 29.9 Å². The van der Waals surface area contributed by atoms with Crippen LogP contribution in [-0.2, 0) is 4.74 Å². The van der Waals surface area contributed by atoms with Crippen molar-refractivity contribution in [1.29, 1.82) is 0 Å². The molecule has 8 nitrogen and oxygen atoms in total. The Morgan fingerprint density at radius 3 is 2.90 bits per heavy atom. The van der Waals surface area contributed by atoms with Crippen molar-refractivity contribution in [2.24, 2.45) is 0 Å². The largest absolute Gasteiger partial charge is 0.465 e. The van der Waals surface area contributed by atoms with Gasteiger partial charge in [0, 0.05) is 6.54 Å². The van der Waals surface area contributed by atoms with Gasteiger partial charge in [0.15, 0.2) is 0 Å². The molecule has 0 spiro atoms. The molecule has 0 radical (unpaired) electrons. The molecule has 2 amide bonds. The molecule has 1 aromatic rings. The van der Waals surface area contributed by atoms with Gasteiger partial charge in [0.2, 0.25) is 0 Å². The molecule has 108 valence electrons. The predicted octanol–water partition coefficient (Wildman–Crippen LogP) is 0.00480. The maximum Gasteiger partial charge on any atom is 0.409 e. The van der Waals surface area contributed by atoms with Crippen LogP contribution in [0.5, 0.6) is 0 Å². The molecule has 2 rings (SSSR count). The molecule has 1 aromatic heterocycles. The monoisotopic (exact) mass is 281 g/mol. The summed E-state index contributed by atoms with van der Waals surface area (Å²) < 4.78 is 5.20. The number of nitrogens with one attached hydrogen (secondary N) is 1. The first-order valence-corrected chi connectivity index (χ1v) is 6.07. The second kappa shape index (κ2) is 6.31. The van der Waals surface area contributed by atoms with Crippen molar-refractivity contribution < 1.29 is 24.5 Å². The number of pyridine rings is 1. The highest BCUT2D eigenvalue weighted by Crippen LogP contribution is 2.13. The molecule has 1 atom stereocenters. The number of rotatable bonds is 3. The van der Waals surface area contributed by atoms with Crippen molar-refractivity contribution >= 4 is 17.7 Å². The van der Waals surface area contributed by atoms with E-state index in [4.69, 9.17) is 9.84 Å².